The van der Waals surface area contributed by atoms with Crippen molar-refractivity contribution in [1.82, 2.24) is 0 Å². The Kier molecular flexibility index (Phi) is 4.65. The van der Waals surface area contributed by atoms with Crippen molar-refractivity contribution in [2.75, 3.05) is 5.73 Å². The number of rotatable bonds is 4. The van der Waals surface area contributed by atoms with Gasteiger partial charge in [0.15, 0.2) is 0 Å². The summed E-state index contributed by atoms with van der Waals surface area (Å²) in [6.07, 6.45) is 0. The molecule has 2 aromatic carbocycles. The van der Waals surface area contributed by atoms with Gasteiger partial charge in [-0.15, -0.1) is 0 Å². The highest BCUT2D eigenvalue weighted by molar-refractivity contribution is 7.84. The average molecular weight is 323 g/mol. The molecule has 0 aliphatic heterocycles. The number of benzene rings is 2. The lowest BCUT2D eigenvalue weighted by Crippen LogP contribution is -2.11. The van der Waals surface area contributed by atoms with Gasteiger partial charge in [-0.1, -0.05) is 17.7 Å². The molecule has 2 rings (SSSR count). The van der Waals surface area contributed by atoms with E-state index in [1.807, 2.05) is 6.92 Å². The number of hydrogen-bond acceptors (Lipinski definition) is 3. The van der Waals surface area contributed by atoms with Crippen LogP contribution >= 0.6 is 11.6 Å². The first-order chi connectivity index (χ1) is 9.88. The van der Waals surface area contributed by atoms with Crippen LogP contribution in [-0.2, 0) is 16.6 Å². The maximum absolute atomic E-state index is 12.4. The van der Waals surface area contributed by atoms with Crippen molar-refractivity contribution in [2.45, 2.75) is 17.6 Å². The molecule has 0 fully saturated rings. The van der Waals surface area contributed by atoms with Gasteiger partial charge >= 0.3 is 0 Å². The summed E-state index contributed by atoms with van der Waals surface area (Å²) in [6, 6.07) is 10.0. The second-order valence-corrected chi connectivity index (χ2v) is 6.51. The van der Waals surface area contributed by atoms with Crippen LogP contribution in [0.15, 0.2) is 41.3 Å². The minimum atomic E-state index is -1.29. The second kappa shape index (κ2) is 6.28. The quantitative estimate of drug-likeness (QED) is 0.848. The van der Waals surface area contributed by atoms with Gasteiger partial charge in [0.1, 0.15) is 0 Å². The summed E-state index contributed by atoms with van der Waals surface area (Å²) in [6.45, 7) is 1.85. The number of primary amides is 1. The largest absolute Gasteiger partial charge is 0.399 e. The Morgan fingerprint density at radius 3 is 2.52 bits per heavy atom. The summed E-state index contributed by atoms with van der Waals surface area (Å²) in [7, 11) is -1.29. The monoisotopic (exact) mass is 322 g/mol. The Morgan fingerprint density at radius 2 is 1.95 bits per heavy atom. The van der Waals surface area contributed by atoms with E-state index in [1.54, 1.807) is 36.4 Å². The Hall–Kier alpha value is -1.85. The zero-order valence-electron chi connectivity index (χ0n) is 11.4. The van der Waals surface area contributed by atoms with Gasteiger partial charge in [0.2, 0.25) is 5.91 Å². The maximum Gasteiger partial charge on any atom is 0.248 e. The topological polar surface area (TPSA) is 86.2 Å². The van der Waals surface area contributed by atoms with Crippen LogP contribution in [-0.4, -0.2) is 10.1 Å². The SMILES string of the molecule is Cc1cc(C(N)=O)ccc1CS(=O)c1ccc(N)cc1Cl. The van der Waals surface area contributed by atoms with Crippen LogP contribution in [0.2, 0.25) is 5.02 Å². The molecule has 2 aromatic rings. The normalized spacial score (nSPS) is 12.1. The summed E-state index contributed by atoms with van der Waals surface area (Å²) in [5.41, 5.74) is 13.6. The number of anilines is 1. The molecule has 110 valence electrons. The number of carbonyl (C=O) groups is 1. The van der Waals surface area contributed by atoms with Crippen LogP contribution in [0.4, 0.5) is 5.69 Å². The molecule has 0 aliphatic carbocycles. The average Bonchev–Trinajstić information content (AvgIpc) is 2.40. The fourth-order valence-corrected chi connectivity index (χ4v) is 3.64. The standard InChI is InChI=1S/C15H15ClN2O2S/c1-9-6-10(15(18)19)2-3-11(9)8-21(20)14-5-4-12(17)7-13(14)16/h2-7H,8,17H2,1H3,(H2,18,19). The molecule has 1 atom stereocenters. The third-order valence-corrected chi connectivity index (χ3v) is 4.96. The highest BCUT2D eigenvalue weighted by Crippen LogP contribution is 2.25. The van der Waals surface area contributed by atoms with Crippen LogP contribution < -0.4 is 11.5 Å². The predicted octanol–water partition coefficient (Wildman–Crippen LogP) is 2.64. The highest BCUT2D eigenvalue weighted by atomic mass is 35.5. The second-order valence-electron chi connectivity index (χ2n) is 4.69. The Labute approximate surface area is 130 Å². The molecule has 0 heterocycles. The van der Waals surface area contributed by atoms with Gasteiger partial charge in [-0.3, -0.25) is 9.00 Å². The first-order valence-corrected chi connectivity index (χ1v) is 7.91. The zero-order valence-corrected chi connectivity index (χ0v) is 13.0. The highest BCUT2D eigenvalue weighted by Gasteiger charge is 2.12. The molecule has 0 saturated heterocycles. The molecule has 4 nitrogen and oxygen atoms in total. The molecule has 1 amide bonds. The van der Waals surface area contributed by atoms with E-state index in [0.717, 1.165) is 11.1 Å². The molecule has 0 bridgehead atoms. The van der Waals surface area contributed by atoms with E-state index in [4.69, 9.17) is 23.1 Å². The van der Waals surface area contributed by atoms with Gasteiger partial charge in [-0.05, 0) is 48.4 Å². The van der Waals surface area contributed by atoms with Gasteiger partial charge in [0, 0.05) is 11.3 Å². The van der Waals surface area contributed by atoms with Crippen molar-refractivity contribution < 1.29 is 9.00 Å². The zero-order chi connectivity index (χ0) is 15.6. The van der Waals surface area contributed by atoms with E-state index in [9.17, 15) is 9.00 Å². The molecule has 0 radical (unpaired) electrons. The van der Waals surface area contributed by atoms with Crippen LogP contribution in [0.25, 0.3) is 0 Å². The summed E-state index contributed by atoms with van der Waals surface area (Å²) in [5.74, 6) is -0.165. The lowest BCUT2D eigenvalue weighted by Gasteiger charge is -2.09. The minimum Gasteiger partial charge on any atom is -0.399 e. The number of nitrogens with two attached hydrogens (primary N) is 2. The first kappa shape index (κ1) is 15.5. The van der Waals surface area contributed by atoms with Crippen LogP contribution in [0.5, 0.6) is 0 Å². The molecule has 0 aliphatic rings. The smallest absolute Gasteiger partial charge is 0.248 e. The third-order valence-electron chi connectivity index (χ3n) is 3.11. The number of carbonyl (C=O) groups excluding carboxylic acids is 1. The van der Waals surface area contributed by atoms with Crippen molar-refractivity contribution in [3.63, 3.8) is 0 Å². The van der Waals surface area contributed by atoms with Gasteiger partial charge in [0.25, 0.3) is 0 Å². The van der Waals surface area contributed by atoms with E-state index >= 15 is 0 Å². The fourth-order valence-electron chi connectivity index (χ4n) is 1.93. The van der Waals surface area contributed by atoms with Crippen LogP contribution in [0.1, 0.15) is 21.5 Å². The van der Waals surface area contributed by atoms with Crippen LogP contribution in [0.3, 0.4) is 0 Å². The van der Waals surface area contributed by atoms with E-state index < -0.39 is 16.7 Å². The molecule has 6 heteroatoms. The molecular weight excluding hydrogens is 308 g/mol. The molecule has 0 aromatic heterocycles. The Morgan fingerprint density at radius 1 is 1.24 bits per heavy atom. The molecule has 21 heavy (non-hydrogen) atoms. The van der Waals surface area contributed by atoms with Gasteiger partial charge in [0.05, 0.1) is 26.5 Å². The van der Waals surface area contributed by atoms with Crippen molar-refractivity contribution in [1.29, 1.82) is 0 Å². The lowest BCUT2D eigenvalue weighted by molar-refractivity contribution is 0.1000. The summed E-state index contributed by atoms with van der Waals surface area (Å²) >= 11 is 6.06. The van der Waals surface area contributed by atoms with Crippen molar-refractivity contribution in [2.24, 2.45) is 5.73 Å². The molecule has 1 unspecified atom stereocenters. The predicted molar refractivity (Wildman–Crippen MR) is 85.7 cm³/mol. The lowest BCUT2D eigenvalue weighted by atomic mass is 10.1. The summed E-state index contributed by atoms with van der Waals surface area (Å²) in [4.78, 5) is 11.7. The van der Waals surface area contributed by atoms with Gasteiger partial charge in [-0.25, -0.2) is 0 Å². The Balaban J connectivity index is 2.25. The summed E-state index contributed by atoms with van der Waals surface area (Å²) < 4.78 is 12.4. The molecular formula is C15H15ClN2O2S. The first-order valence-electron chi connectivity index (χ1n) is 6.21. The molecule has 0 saturated carbocycles. The van der Waals surface area contributed by atoms with E-state index in [0.29, 0.717) is 26.9 Å². The third kappa shape index (κ3) is 3.62. The van der Waals surface area contributed by atoms with E-state index in [-0.39, 0.29) is 0 Å². The van der Waals surface area contributed by atoms with E-state index in [1.165, 1.54) is 0 Å². The number of aryl methyl sites for hydroxylation is 1. The van der Waals surface area contributed by atoms with E-state index in [2.05, 4.69) is 0 Å². The van der Waals surface area contributed by atoms with Crippen molar-refractivity contribution in [3.8, 4) is 0 Å². The Bertz CT molecular complexity index is 732. The number of amides is 1. The number of halogens is 1. The van der Waals surface area contributed by atoms with Crippen molar-refractivity contribution >= 4 is 34.0 Å². The van der Waals surface area contributed by atoms with Crippen LogP contribution in [0, 0.1) is 6.92 Å². The fraction of sp³-hybridized carbons (Fsp3) is 0.133. The number of hydrogen-bond donors (Lipinski definition) is 2. The van der Waals surface area contributed by atoms with Gasteiger partial charge in [-0.2, -0.15) is 0 Å². The molecule has 0 spiro atoms. The minimum absolute atomic E-state index is 0.314. The van der Waals surface area contributed by atoms with Crippen molar-refractivity contribution in [3.05, 3.63) is 58.1 Å². The van der Waals surface area contributed by atoms with Gasteiger partial charge < -0.3 is 11.5 Å². The molecule has 4 N–H and O–H groups in total. The number of nitrogen functional groups attached to an aromatic ring is 1. The summed E-state index contributed by atoms with van der Waals surface area (Å²) in [5, 5.41) is 0.389. The maximum atomic E-state index is 12.4.